The molecule has 1 nitrogen and oxygen atoms in total. The number of carbonyl (C=O) groups excluding carboxylic acids is 1. The molecule has 0 N–H and O–H groups in total. The van der Waals surface area contributed by atoms with E-state index in [0.29, 0.717) is 6.42 Å². The number of halogens is 1. The maximum atomic E-state index is 9.64. The number of hydrogen-bond acceptors (Lipinski definition) is 1. The minimum absolute atomic E-state index is 0.625. The van der Waals surface area contributed by atoms with Crippen LogP contribution in [0, 0.1) is 0 Å². The van der Waals surface area contributed by atoms with E-state index in [1.807, 2.05) is 6.29 Å². The van der Waals surface area contributed by atoms with Gasteiger partial charge in [-0.1, -0.05) is 142 Å². The van der Waals surface area contributed by atoms with Crippen LogP contribution in [0.5, 0.6) is 0 Å². The van der Waals surface area contributed by atoms with Gasteiger partial charge in [0, 0.05) is 0 Å². The van der Waals surface area contributed by atoms with E-state index in [-0.39, 0.29) is 0 Å². The molecule has 48 heavy (non-hydrogen) atoms. The minimum atomic E-state index is -0.877. The molecule has 0 bridgehead atoms. The van der Waals surface area contributed by atoms with Gasteiger partial charge in [-0.25, -0.2) is 0 Å². The SMILES string of the molecule is CCCCCC[C-]=O.[Cl][Pt+].c1ccc([PH+](c2ccccc2)c2ccccc2)cc1.c1ccc([PH+](c2ccccc2)c2ccccc2)cc1. The van der Waals surface area contributed by atoms with E-state index in [9.17, 15) is 4.79 Å². The molecule has 5 heteroatoms. The first-order chi connectivity index (χ1) is 23.8. The Kier molecular flexibility index (Phi) is 20.4. The van der Waals surface area contributed by atoms with Crippen LogP contribution in [0.25, 0.3) is 0 Å². The second-order valence-electron chi connectivity index (χ2n) is 10.9. The second kappa shape index (κ2) is 24.9. The van der Waals surface area contributed by atoms with E-state index in [1.54, 1.807) is 18.8 Å². The molecule has 0 aliphatic rings. The van der Waals surface area contributed by atoms with Gasteiger partial charge in [0.1, 0.15) is 31.8 Å². The van der Waals surface area contributed by atoms with Crippen molar-refractivity contribution < 1.29 is 23.6 Å². The Morgan fingerprint density at radius 1 is 0.417 bits per heavy atom. The van der Waals surface area contributed by atoms with Crippen LogP contribution in [0.4, 0.5) is 0 Å². The first kappa shape index (κ1) is 39.3. The Morgan fingerprint density at radius 2 is 0.646 bits per heavy atom. The largest absolute Gasteiger partial charge is 0.102 e. The standard InChI is InChI=1S/2C18H15P.C7H13O.ClH.Pt/c2*1-4-10-16(11-5-1)19(17-12-6-2-7-13-17)18-14-8-3-9-15-18;1-2-3-4-5-6-7-8;;/h2*1-15H;2-6H2,1H3;1H;/q;;-1;;+2/p+1. The van der Waals surface area contributed by atoms with Crippen LogP contribution in [0.3, 0.4) is 0 Å². The third kappa shape index (κ3) is 13.7. The summed E-state index contributed by atoms with van der Waals surface area (Å²) in [6, 6.07) is 65.0. The third-order valence-electron chi connectivity index (χ3n) is 7.51. The molecule has 0 spiro atoms. The van der Waals surface area contributed by atoms with Gasteiger partial charge in [0.25, 0.3) is 0 Å². The average Bonchev–Trinajstić information content (AvgIpc) is 3.18. The first-order valence-corrected chi connectivity index (χ1v) is 22.2. The topological polar surface area (TPSA) is 17.1 Å². The fourth-order valence-electron chi connectivity index (χ4n) is 5.25. The summed E-state index contributed by atoms with van der Waals surface area (Å²) in [7, 11) is 2.86. The third-order valence-corrected chi connectivity index (χ3v) is 13.0. The summed E-state index contributed by atoms with van der Waals surface area (Å²) in [5.41, 5.74) is 0. The van der Waals surface area contributed by atoms with Gasteiger partial charge < -0.3 is 4.79 Å². The predicted molar refractivity (Wildman–Crippen MR) is 213 cm³/mol. The molecule has 0 amide bonds. The van der Waals surface area contributed by atoms with Crippen LogP contribution >= 0.6 is 25.3 Å². The van der Waals surface area contributed by atoms with E-state index in [2.05, 4.69) is 198 Å². The summed E-state index contributed by atoms with van der Waals surface area (Å²) < 4.78 is 0. The zero-order valence-electron chi connectivity index (χ0n) is 27.5. The van der Waals surface area contributed by atoms with Crippen LogP contribution in [0.2, 0.25) is 0 Å². The fraction of sp³-hybridized carbons (Fsp3) is 0.140. The fourth-order valence-corrected chi connectivity index (χ4v) is 10.4. The molecular formula is C43H45ClOP2Pt+2. The quantitative estimate of drug-likeness (QED) is 0.0722. The molecule has 0 unspecified atom stereocenters. The molecule has 0 saturated heterocycles. The van der Waals surface area contributed by atoms with Crippen LogP contribution in [-0.2, 0) is 23.6 Å². The van der Waals surface area contributed by atoms with Crippen molar-refractivity contribution in [3.8, 4) is 0 Å². The van der Waals surface area contributed by atoms with E-state index in [4.69, 9.17) is 0 Å². The molecule has 0 aromatic heterocycles. The molecule has 6 aromatic carbocycles. The van der Waals surface area contributed by atoms with Crippen molar-refractivity contribution in [3.05, 3.63) is 182 Å². The molecule has 248 valence electrons. The van der Waals surface area contributed by atoms with Gasteiger partial charge in [-0.3, -0.25) is 6.29 Å². The Hall–Kier alpha value is -3.17. The number of unbranched alkanes of at least 4 members (excludes halogenated alkanes) is 4. The summed E-state index contributed by atoms with van der Waals surface area (Å²) in [4.78, 5) is 9.64. The number of benzene rings is 6. The van der Waals surface area contributed by atoms with Gasteiger partial charge >= 0.3 is 28.2 Å². The van der Waals surface area contributed by atoms with Gasteiger partial charge in [-0.05, 0) is 72.8 Å². The first-order valence-electron chi connectivity index (χ1n) is 16.3. The van der Waals surface area contributed by atoms with Gasteiger partial charge in [-0.15, -0.1) is 0 Å². The van der Waals surface area contributed by atoms with Crippen LogP contribution in [-0.4, -0.2) is 6.29 Å². The Labute approximate surface area is 306 Å². The summed E-state index contributed by atoms with van der Waals surface area (Å²) in [5, 5.41) is 8.61. The van der Waals surface area contributed by atoms with Gasteiger partial charge in [0.2, 0.25) is 0 Å². The van der Waals surface area contributed by atoms with Crippen molar-refractivity contribution in [2.24, 2.45) is 0 Å². The second-order valence-corrected chi connectivity index (χ2v) is 15.9. The summed E-state index contributed by atoms with van der Waals surface area (Å²) >= 11 is 1.61. The molecule has 0 heterocycles. The van der Waals surface area contributed by atoms with Crippen LogP contribution < -0.4 is 31.8 Å². The zero-order chi connectivity index (χ0) is 34.1. The molecule has 0 saturated carbocycles. The number of rotatable bonds is 11. The normalized spacial score (nSPS) is 10.0. The van der Waals surface area contributed by atoms with Crippen LogP contribution in [0.1, 0.15) is 39.0 Å². The molecule has 0 aliphatic carbocycles. The van der Waals surface area contributed by atoms with Crippen molar-refractivity contribution in [3.63, 3.8) is 0 Å². The van der Waals surface area contributed by atoms with E-state index in [0.717, 1.165) is 6.42 Å². The van der Waals surface area contributed by atoms with Crippen molar-refractivity contribution in [2.75, 3.05) is 0 Å². The molecular weight excluding hydrogens is 825 g/mol. The van der Waals surface area contributed by atoms with Gasteiger partial charge in [0.05, 0.1) is 15.8 Å². The van der Waals surface area contributed by atoms with Crippen LogP contribution in [0.15, 0.2) is 182 Å². The van der Waals surface area contributed by atoms with Gasteiger partial charge in [-0.2, -0.15) is 6.42 Å². The van der Waals surface area contributed by atoms with Gasteiger partial charge in [0.15, 0.2) is 0 Å². The molecule has 0 aliphatic heterocycles. The van der Waals surface area contributed by atoms with E-state index < -0.39 is 15.8 Å². The summed E-state index contributed by atoms with van der Waals surface area (Å²) in [6.45, 7) is 2.16. The minimum Gasteiger partial charge on any atom is -0.0620 e. The van der Waals surface area contributed by atoms with Crippen molar-refractivity contribution in [1.82, 2.24) is 0 Å². The zero-order valence-corrected chi connectivity index (χ0v) is 32.5. The molecule has 6 rings (SSSR count). The average molecular weight is 870 g/mol. The molecule has 6 aromatic rings. The van der Waals surface area contributed by atoms with E-state index >= 15 is 0 Å². The molecule has 0 radical (unpaired) electrons. The molecule has 0 atom stereocenters. The predicted octanol–water partition coefficient (Wildman–Crippen LogP) is 9.11. The van der Waals surface area contributed by atoms with Crippen molar-refractivity contribution in [1.29, 1.82) is 0 Å². The Bertz CT molecular complexity index is 1320. The monoisotopic (exact) mass is 869 g/mol. The van der Waals surface area contributed by atoms with Crippen molar-refractivity contribution >= 4 is 63.4 Å². The Balaban J connectivity index is 0.000000206. The number of hydrogen-bond donors (Lipinski definition) is 0. The van der Waals surface area contributed by atoms with E-state index in [1.165, 1.54) is 51.1 Å². The van der Waals surface area contributed by atoms with Crippen molar-refractivity contribution in [2.45, 2.75) is 39.0 Å². The Morgan fingerprint density at radius 3 is 0.833 bits per heavy atom. The maximum Gasteiger partial charge on any atom is 0.102 e. The summed E-state index contributed by atoms with van der Waals surface area (Å²) in [6.07, 6.45) is 7.20. The summed E-state index contributed by atoms with van der Waals surface area (Å²) in [5.74, 6) is 0. The molecule has 0 fully saturated rings. The maximum absolute atomic E-state index is 9.64. The smallest absolute Gasteiger partial charge is 0.0620 e.